The molecular weight excluding hydrogens is 465 g/mol. The third-order valence-corrected chi connectivity index (χ3v) is 8.37. The van der Waals surface area contributed by atoms with E-state index in [0.717, 1.165) is 59.4 Å². The van der Waals surface area contributed by atoms with E-state index in [2.05, 4.69) is 6.08 Å². The Morgan fingerprint density at radius 3 is 2.80 bits per heavy atom. The molecule has 1 aromatic heterocycles. The molecule has 3 aliphatic rings. The van der Waals surface area contributed by atoms with E-state index in [0.29, 0.717) is 29.2 Å². The summed E-state index contributed by atoms with van der Waals surface area (Å²) in [5.74, 6) is -1.16. The summed E-state index contributed by atoms with van der Waals surface area (Å²) >= 11 is 1.73. The normalized spacial score (nSPS) is 19.8. The van der Waals surface area contributed by atoms with Gasteiger partial charge in [-0.2, -0.15) is 0 Å². The van der Waals surface area contributed by atoms with Crippen molar-refractivity contribution in [1.29, 1.82) is 0 Å². The molecule has 186 valence electrons. The van der Waals surface area contributed by atoms with Crippen LogP contribution in [-0.4, -0.2) is 33.5 Å². The topological polar surface area (TPSA) is 68.7 Å². The lowest BCUT2D eigenvalue weighted by Gasteiger charge is -2.29. The number of hydrogen-bond acceptors (Lipinski definition) is 5. The standard InChI is InChI=1S/C28H32FNO4S/c1-14-16-10-8-12-33-24(16)19(29)13-18(14)22-21(25(27(31)32)34-28(3,4)5)15(2)30-23-17-9-6-7-11-20(17)35-26(22)23/h9,13,20,25H,6-8,10-12H2,1-5H3,(H,31,32). The van der Waals surface area contributed by atoms with E-state index in [1.54, 1.807) is 11.8 Å². The lowest BCUT2D eigenvalue weighted by molar-refractivity contribution is -0.160. The molecule has 0 amide bonds. The van der Waals surface area contributed by atoms with Crippen molar-refractivity contribution in [1.82, 2.24) is 4.98 Å². The highest BCUT2D eigenvalue weighted by atomic mass is 32.2. The fraction of sp³-hybridized carbons (Fsp3) is 0.500. The molecule has 0 fully saturated rings. The number of rotatable bonds is 4. The number of thioether (sulfide) groups is 1. The van der Waals surface area contributed by atoms with Crippen LogP contribution in [0.5, 0.6) is 5.75 Å². The number of benzene rings is 1. The Balaban J connectivity index is 1.83. The minimum atomic E-state index is -1.23. The number of hydrogen-bond donors (Lipinski definition) is 1. The Morgan fingerprint density at radius 1 is 1.31 bits per heavy atom. The first-order valence-electron chi connectivity index (χ1n) is 12.3. The molecule has 7 heteroatoms. The molecule has 1 aromatic carbocycles. The third kappa shape index (κ3) is 4.27. The van der Waals surface area contributed by atoms with Crippen molar-refractivity contribution in [3.8, 4) is 16.9 Å². The van der Waals surface area contributed by atoms with Gasteiger partial charge >= 0.3 is 5.97 Å². The monoisotopic (exact) mass is 497 g/mol. The lowest BCUT2D eigenvalue weighted by atomic mass is 9.86. The molecular formula is C28H32FNO4S. The minimum Gasteiger partial charge on any atom is -0.490 e. The van der Waals surface area contributed by atoms with Crippen molar-refractivity contribution < 1.29 is 23.8 Å². The van der Waals surface area contributed by atoms with Crippen LogP contribution in [0.25, 0.3) is 16.7 Å². The number of halogens is 1. The van der Waals surface area contributed by atoms with Crippen LogP contribution in [0.2, 0.25) is 0 Å². The van der Waals surface area contributed by atoms with E-state index in [1.165, 1.54) is 11.6 Å². The Hall–Kier alpha value is -2.38. The van der Waals surface area contributed by atoms with Gasteiger partial charge in [0.05, 0.1) is 17.9 Å². The van der Waals surface area contributed by atoms with Crippen LogP contribution in [0.3, 0.4) is 0 Å². The molecule has 0 radical (unpaired) electrons. The summed E-state index contributed by atoms with van der Waals surface area (Å²) in [6, 6.07) is 1.52. The van der Waals surface area contributed by atoms with E-state index in [1.807, 2.05) is 34.6 Å². The van der Waals surface area contributed by atoms with Crippen molar-refractivity contribution >= 4 is 23.3 Å². The molecule has 3 heterocycles. The fourth-order valence-electron chi connectivity index (χ4n) is 5.46. The van der Waals surface area contributed by atoms with Crippen LogP contribution in [0.1, 0.15) is 80.6 Å². The number of aliphatic carboxylic acids is 1. The number of aromatic nitrogens is 1. The van der Waals surface area contributed by atoms with Gasteiger partial charge in [0.15, 0.2) is 17.7 Å². The first kappa shape index (κ1) is 24.3. The number of carboxylic acids is 1. The summed E-state index contributed by atoms with van der Waals surface area (Å²) in [4.78, 5) is 18.5. The molecule has 0 spiro atoms. The zero-order chi connectivity index (χ0) is 25.1. The maximum Gasteiger partial charge on any atom is 0.337 e. The molecule has 1 aliphatic carbocycles. The van der Waals surface area contributed by atoms with Crippen LogP contribution < -0.4 is 4.74 Å². The minimum absolute atomic E-state index is 0.289. The van der Waals surface area contributed by atoms with E-state index < -0.39 is 23.5 Å². The van der Waals surface area contributed by atoms with E-state index in [9.17, 15) is 9.90 Å². The van der Waals surface area contributed by atoms with Gasteiger partial charge in [-0.15, -0.1) is 11.8 Å². The first-order valence-corrected chi connectivity index (χ1v) is 13.2. The summed E-state index contributed by atoms with van der Waals surface area (Å²) in [6.45, 7) is 9.86. The SMILES string of the molecule is Cc1nc2c(c(-c3cc(F)c4c(c3C)CCCO4)c1C(OC(C)(C)C)C(=O)O)SC1CCCC=C21. The largest absolute Gasteiger partial charge is 0.490 e. The first-order chi connectivity index (χ1) is 16.6. The van der Waals surface area contributed by atoms with Gasteiger partial charge in [-0.1, -0.05) is 6.08 Å². The van der Waals surface area contributed by atoms with Crippen LogP contribution in [-0.2, 0) is 16.0 Å². The molecule has 2 aliphatic heterocycles. The maximum atomic E-state index is 15.4. The number of fused-ring (bicyclic) bond motifs is 4. The third-order valence-electron chi connectivity index (χ3n) is 6.96. The van der Waals surface area contributed by atoms with Gasteiger partial charge in [0.1, 0.15) is 0 Å². The predicted molar refractivity (Wildman–Crippen MR) is 136 cm³/mol. The van der Waals surface area contributed by atoms with E-state index in [-0.39, 0.29) is 5.25 Å². The van der Waals surface area contributed by atoms with Crippen molar-refractivity contribution in [3.63, 3.8) is 0 Å². The molecule has 2 atom stereocenters. The number of nitrogens with zero attached hydrogens (tertiary/aromatic N) is 1. The summed E-state index contributed by atoms with van der Waals surface area (Å²) in [5.41, 5.74) is 5.80. The van der Waals surface area contributed by atoms with Gasteiger partial charge in [0.25, 0.3) is 0 Å². The highest BCUT2D eigenvalue weighted by molar-refractivity contribution is 8.01. The van der Waals surface area contributed by atoms with Crippen molar-refractivity contribution in [2.24, 2.45) is 0 Å². The summed E-state index contributed by atoms with van der Waals surface area (Å²) in [6.07, 6.45) is 5.77. The van der Waals surface area contributed by atoms with Crippen molar-refractivity contribution in [2.45, 2.75) is 88.6 Å². The van der Waals surface area contributed by atoms with Crippen LogP contribution in [0, 0.1) is 19.7 Å². The molecule has 5 nitrogen and oxygen atoms in total. The summed E-state index contributed by atoms with van der Waals surface area (Å²) in [5, 5.41) is 10.6. The molecule has 0 saturated heterocycles. The molecule has 2 aromatic rings. The second-order valence-corrected chi connectivity index (χ2v) is 11.8. The molecule has 2 unspecified atom stereocenters. The van der Waals surface area contributed by atoms with E-state index >= 15 is 4.39 Å². The predicted octanol–water partition coefficient (Wildman–Crippen LogP) is 6.81. The lowest BCUT2D eigenvalue weighted by Crippen LogP contribution is -2.28. The Bertz CT molecular complexity index is 1250. The fourth-order valence-corrected chi connectivity index (χ4v) is 6.98. The quantitative estimate of drug-likeness (QED) is 0.500. The van der Waals surface area contributed by atoms with Gasteiger partial charge < -0.3 is 14.6 Å². The smallest absolute Gasteiger partial charge is 0.337 e. The number of pyridine rings is 1. The van der Waals surface area contributed by atoms with Gasteiger partial charge in [0.2, 0.25) is 0 Å². The average Bonchev–Trinajstić information content (AvgIpc) is 3.17. The zero-order valence-electron chi connectivity index (χ0n) is 21.0. The zero-order valence-corrected chi connectivity index (χ0v) is 21.8. The number of carboxylic acid groups (broad SMARTS) is 1. The molecule has 0 bridgehead atoms. The van der Waals surface area contributed by atoms with Crippen LogP contribution >= 0.6 is 11.8 Å². The summed E-state index contributed by atoms with van der Waals surface area (Å²) < 4.78 is 27.2. The number of carbonyl (C=O) groups is 1. The number of allylic oxidation sites excluding steroid dienone is 1. The molecule has 5 rings (SSSR count). The second-order valence-electron chi connectivity index (χ2n) is 10.6. The van der Waals surface area contributed by atoms with Crippen LogP contribution in [0.15, 0.2) is 17.0 Å². The highest BCUT2D eigenvalue weighted by Gasteiger charge is 2.39. The van der Waals surface area contributed by atoms with E-state index in [4.69, 9.17) is 14.5 Å². The second kappa shape index (κ2) is 8.93. The van der Waals surface area contributed by atoms with Crippen molar-refractivity contribution in [2.75, 3.05) is 6.61 Å². The average molecular weight is 498 g/mol. The van der Waals surface area contributed by atoms with Gasteiger partial charge in [0, 0.05) is 32.5 Å². The number of ether oxygens (including phenoxy) is 2. The maximum absolute atomic E-state index is 15.4. The molecule has 1 N–H and O–H groups in total. The van der Waals surface area contributed by atoms with Gasteiger partial charge in [-0.25, -0.2) is 9.18 Å². The molecule has 0 saturated carbocycles. The molecule has 35 heavy (non-hydrogen) atoms. The van der Waals surface area contributed by atoms with Gasteiger partial charge in [-0.05, 0) is 89.5 Å². The Morgan fingerprint density at radius 2 is 2.09 bits per heavy atom. The highest BCUT2D eigenvalue weighted by Crippen LogP contribution is 2.55. The van der Waals surface area contributed by atoms with Crippen LogP contribution in [0.4, 0.5) is 4.39 Å². The van der Waals surface area contributed by atoms with Crippen molar-refractivity contribution in [3.05, 3.63) is 46.0 Å². The summed E-state index contributed by atoms with van der Waals surface area (Å²) in [7, 11) is 0. The Kier molecular flexibility index (Phi) is 6.20. The van der Waals surface area contributed by atoms with Gasteiger partial charge in [-0.3, -0.25) is 4.98 Å². The Labute approximate surface area is 210 Å². The number of aryl methyl sites for hydroxylation is 1.